The van der Waals surface area contributed by atoms with E-state index in [9.17, 15) is 22.0 Å². The van der Waals surface area contributed by atoms with Crippen molar-refractivity contribution in [3.63, 3.8) is 0 Å². The average Bonchev–Trinajstić information content (AvgIpc) is 2.36. The third-order valence-electron chi connectivity index (χ3n) is 2.30. The maximum atomic E-state index is 11.9. The lowest BCUT2D eigenvalue weighted by Gasteiger charge is -2.04. The molecule has 0 aliphatic rings. The van der Waals surface area contributed by atoms with E-state index in [-0.39, 0.29) is 18.0 Å². The van der Waals surface area contributed by atoms with Gasteiger partial charge in [-0.15, -0.1) is 0 Å². The first-order chi connectivity index (χ1) is 9.76. The van der Waals surface area contributed by atoms with Crippen LogP contribution in [0.4, 0.5) is 8.78 Å². The summed E-state index contributed by atoms with van der Waals surface area (Å²) < 4.78 is 49.8. The average molecular weight is 319 g/mol. The SMILES string of the molecule is CS(=O)(=O)CCNC(=O)/C=C\c1ccc(OC(F)F)cc1. The fraction of sp³-hybridized carbons (Fsp3) is 0.308. The van der Waals surface area contributed by atoms with Crippen LogP contribution >= 0.6 is 0 Å². The smallest absolute Gasteiger partial charge is 0.387 e. The van der Waals surface area contributed by atoms with Crippen molar-refractivity contribution in [2.45, 2.75) is 6.61 Å². The Hall–Kier alpha value is -1.96. The van der Waals surface area contributed by atoms with Crippen LogP contribution in [-0.2, 0) is 14.6 Å². The zero-order valence-electron chi connectivity index (χ0n) is 11.3. The van der Waals surface area contributed by atoms with Gasteiger partial charge in [0.1, 0.15) is 15.6 Å². The molecule has 0 aromatic heterocycles. The number of nitrogens with one attached hydrogen (secondary N) is 1. The summed E-state index contributed by atoms with van der Waals surface area (Å²) in [5.74, 6) is -0.544. The first-order valence-electron chi connectivity index (χ1n) is 5.95. The normalized spacial score (nSPS) is 11.8. The number of carbonyl (C=O) groups excluding carboxylic acids is 1. The lowest BCUT2D eigenvalue weighted by Crippen LogP contribution is -2.27. The predicted octanol–water partition coefficient (Wildman–Crippen LogP) is 1.46. The van der Waals surface area contributed by atoms with Crippen LogP contribution in [0.15, 0.2) is 30.3 Å². The lowest BCUT2D eigenvalue weighted by atomic mass is 10.2. The number of carbonyl (C=O) groups is 1. The summed E-state index contributed by atoms with van der Waals surface area (Å²) >= 11 is 0. The van der Waals surface area contributed by atoms with Gasteiger partial charge in [-0.25, -0.2) is 8.42 Å². The van der Waals surface area contributed by atoms with E-state index in [2.05, 4.69) is 10.1 Å². The Balaban J connectivity index is 2.46. The Labute approximate surface area is 121 Å². The Morgan fingerprint density at radius 2 is 1.95 bits per heavy atom. The van der Waals surface area contributed by atoms with Crippen molar-refractivity contribution in [1.82, 2.24) is 5.32 Å². The molecule has 0 radical (unpaired) electrons. The fourth-order valence-electron chi connectivity index (χ4n) is 1.35. The molecule has 0 heterocycles. The second-order valence-electron chi connectivity index (χ2n) is 4.20. The molecule has 1 N–H and O–H groups in total. The largest absolute Gasteiger partial charge is 0.435 e. The molecule has 0 saturated heterocycles. The highest BCUT2D eigenvalue weighted by atomic mass is 32.2. The van der Waals surface area contributed by atoms with Gasteiger partial charge in [0.05, 0.1) is 5.75 Å². The fourth-order valence-corrected chi connectivity index (χ4v) is 1.82. The van der Waals surface area contributed by atoms with Crippen LogP contribution in [0, 0.1) is 0 Å². The van der Waals surface area contributed by atoms with E-state index >= 15 is 0 Å². The van der Waals surface area contributed by atoms with Crippen LogP contribution in [0.5, 0.6) is 5.75 Å². The number of rotatable bonds is 7. The van der Waals surface area contributed by atoms with E-state index in [0.717, 1.165) is 6.26 Å². The Bertz CT molecular complexity index is 597. The van der Waals surface area contributed by atoms with Gasteiger partial charge in [-0.1, -0.05) is 12.1 Å². The molecule has 21 heavy (non-hydrogen) atoms. The highest BCUT2D eigenvalue weighted by Crippen LogP contribution is 2.15. The van der Waals surface area contributed by atoms with E-state index in [1.807, 2.05) is 0 Å². The van der Waals surface area contributed by atoms with Crippen molar-refractivity contribution in [2.75, 3.05) is 18.6 Å². The van der Waals surface area contributed by atoms with Gasteiger partial charge in [0.15, 0.2) is 0 Å². The number of alkyl halides is 2. The molecule has 0 unspecified atom stereocenters. The first kappa shape index (κ1) is 17.1. The van der Waals surface area contributed by atoms with E-state index < -0.39 is 22.4 Å². The van der Waals surface area contributed by atoms with Crippen LogP contribution in [0.3, 0.4) is 0 Å². The summed E-state index contributed by atoms with van der Waals surface area (Å²) in [5.41, 5.74) is 0.620. The summed E-state index contributed by atoms with van der Waals surface area (Å²) in [5, 5.41) is 2.42. The van der Waals surface area contributed by atoms with Crippen molar-refractivity contribution in [1.29, 1.82) is 0 Å². The predicted molar refractivity (Wildman–Crippen MR) is 74.8 cm³/mol. The minimum atomic E-state index is -3.12. The number of hydrogen-bond donors (Lipinski definition) is 1. The minimum absolute atomic E-state index is 0.0275. The number of sulfone groups is 1. The van der Waals surface area contributed by atoms with Gasteiger partial charge in [0.25, 0.3) is 0 Å². The van der Waals surface area contributed by atoms with Gasteiger partial charge >= 0.3 is 6.61 Å². The quantitative estimate of drug-likeness (QED) is 0.772. The molecule has 0 aliphatic heterocycles. The van der Waals surface area contributed by atoms with E-state index in [0.29, 0.717) is 5.56 Å². The van der Waals surface area contributed by atoms with Crippen molar-refractivity contribution in [3.8, 4) is 5.75 Å². The summed E-state index contributed by atoms with van der Waals surface area (Å²) in [4.78, 5) is 11.4. The lowest BCUT2D eigenvalue weighted by molar-refractivity contribution is -0.116. The maximum Gasteiger partial charge on any atom is 0.387 e. The molecule has 0 bridgehead atoms. The number of benzene rings is 1. The summed E-state index contributed by atoms with van der Waals surface area (Å²) in [6.07, 6.45) is 3.78. The standard InChI is InChI=1S/C13H15F2NO4S/c1-21(18,19)9-8-16-12(17)7-4-10-2-5-11(6-3-10)20-13(14)15/h2-7,13H,8-9H2,1H3,(H,16,17)/b7-4-. The second kappa shape index (κ2) is 7.72. The Kier molecular flexibility index (Phi) is 6.29. The van der Waals surface area contributed by atoms with Gasteiger partial charge in [0, 0.05) is 18.9 Å². The summed E-state index contributed by atoms with van der Waals surface area (Å²) in [6.45, 7) is -2.85. The molecular formula is C13H15F2NO4S. The number of hydrogen-bond acceptors (Lipinski definition) is 4. The van der Waals surface area contributed by atoms with Crippen LogP contribution in [0.2, 0.25) is 0 Å². The molecule has 0 aliphatic carbocycles. The van der Waals surface area contributed by atoms with Crippen molar-refractivity contribution < 1.29 is 26.7 Å². The monoisotopic (exact) mass is 319 g/mol. The number of ether oxygens (including phenoxy) is 1. The molecule has 116 valence electrons. The highest BCUT2D eigenvalue weighted by molar-refractivity contribution is 7.90. The molecule has 0 atom stereocenters. The topological polar surface area (TPSA) is 72.5 Å². The van der Waals surface area contributed by atoms with Crippen molar-refractivity contribution >= 4 is 21.8 Å². The molecule has 1 aromatic rings. The van der Waals surface area contributed by atoms with Gasteiger partial charge in [-0.05, 0) is 23.8 Å². The molecule has 8 heteroatoms. The number of amides is 1. The molecule has 0 fully saturated rings. The van der Waals surface area contributed by atoms with Gasteiger partial charge in [-0.3, -0.25) is 4.79 Å². The van der Waals surface area contributed by atoms with Gasteiger partial charge < -0.3 is 10.1 Å². The second-order valence-corrected chi connectivity index (χ2v) is 6.46. The van der Waals surface area contributed by atoms with Crippen LogP contribution in [-0.4, -0.2) is 39.5 Å². The maximum absolute atomic E-state index is 11.9. The third kappa shape index (κ3) is 8.03. The molecule has 0 spiro atoms. The van der Waals surface area contributed by atoms with Crippen molar-refractivity contribution in [2.24, 2.45) is 0 Å². The van der Waals surface area contributed by atoms with Crippen molar-refractivity contribution in [3.05, 3.63) is 35.9 Å². The van der Waals surface area contributed by atoms with Gasteiger partial charge in [-0.2, -0.15) is 8.78 Å². The molecule has 0 saturated carbocycles. The van der Waals surface area contributed by atoms with Crippen LogP contribution < -0.4 is 10.1 Å². The Morgan fingerprint density at radius 3 is 2.48 bits per heavy atom. The molecule has 1 rings (SSSR count). The zero-order valence-corrected chi connectivity index (χ0v) is 12.1. The molecule has 1 aromatic carbocycles. The van der Waals surface area contributed by atoms with E-state index in [4.69, 9.17) is 0 Å². The Morgan fingerprint density at radius 1 is 1.33 bits per heavy atom. The highest BCUT2D eigenvalue weighted by Gasteiger charge is 2.04. The van der Waals surface area contributed by atoms with Crippen LogP contribution in [0.25, 0.3) is 6.08 Å². The molecule has 5 nitrogen and oxygen atoms in total. The first-order valence-corrected chi connectivity index (χ1v) is 8.01. The van der Waals surface area contributed by atoms with Gasteiger partial charge in [0.2, 0.25) is 5.91 Å². The number of halogens is 2. The molecule has 1 amide bonds. The van der Waals surface area contributed by atoms with E-state index in [1.165, 1.54) is 36.4 Å². The zero-order chi connectivity index (χ0) is 15.9. The van der Waals surface area contributed by atoms with E-state index in [1.54, 1.807) is 0 Å². The summed E-state index contributed by atoms with van der Waals surface area (Å²) in [7, 11) is -3.12. The summed E-state index contributed by atoms with van der Waals surface area (Å²) in [6, 6.07) is 5.73. The van der Waals surface area contributed by atoms with Crippen LogP contribution in [0.1, 0.15) is 5.56 Å². The molecular weight excluding hydrogens is 304 g/mol. The minimum Gasteiger partial charge on any atom is -0.435 e. The third-order valence-corrected chi connectivity index (χ3v) is 3.25.